The minimum Gasteiger partial charge on any atom is -0.545 e. The summed E-state index contributed by atoms with van der Waals surface area (Å²) in [7, 11) is 0. The van der Waals surface area contributed by atoms with E-state index in [4.69, 9.17) is 44.1 Å². The summed E-state index contributed by atoms with van der Waals surface area (Å²) >= 11 is 19.6. The van der Waals surface area contributed by atoms with Crippen molar-refractivity contribution in [1.82, 2.24) is 5.16 Å². The van der Waals surface area contributed by atoms with Crippen LogP contribution in [0, 0.1) is 0 Å². The highest BCUT2D eigenvalue weighted by Gasteiger charge is 2.40. The predicted molar refractivity (Wildman–Crippen MR) is 141 cm³/mol. The lowest BCUT2D eigenvalue weighted by atomic mass is 10.0. The van der Waals surface area contributed by atoms with Gasteiger partial charge in [0.05, 0.1) is 21.6 Å². The van der Waals surface area contributed by atoms with Gasteiger partial charge in [-0.25, -0.2) is 0 Å². The largest absolute Gasteiger partial charge is 0.545 e. The molecule has 2 aliphatic carbocycles. The molecule has 2 unspecified atom stereocenters. The van der Waals surface area contributed by atoms with Crippen LogP contribution in [0.3, 0.4) is 0 Å². The molecule has 0 amide bonds. The van der Waals surface area contributed by atoms with E-state index in [0.29, 0.717) is 43.9 Å². The van der Waals surface area contributed by atoms with Crippen molar-refractivity contribution in [2.75, 3.05) is 0 Å². The number of carbonyl (C=O) groups is 1. The van der Waals surface area contributed by atoms with Gasteiger partial charge in [0.15, 0.2) is 0 Å². The van der Waals surface area contributed by atoms with Crippen molar-refractivity contribution in [3.63, 3.8) is 0 Å². The van der Waals surface area contributed by atoms with Crippen LogP contribution in [0.1, 0.15) is 69.8 Å². The fourth-order valence-electron chi connectivity index (χ4n) is 4.88. The molecule has 1 heterocycles. The zero-order valence-corrected chi connectivity index (χ0v) is 21.8. The van der Waals surface area contributed by atoms with Crippen LogP contribution in [0.2, 0.25) is 15.1 Å². The van der Waals surface area contributed by atoms with Crippen LogP contribution in [0.4, 0.5) is 0 Å². The van der Waals surface area contributed by atoms with E-state index in [1.54, 1.807) is 30.3 Å². The maximum Gasteiger partial charge on any atom is 0.147 e. The van der Waals surface area contributed by atoms with Crippen molar-refractivity contribution in [3.8, 4) is 17.0 Å². The monoisotopic (exact) mass is 552 g/mol. The molecule has 2 atom stereocenters. The standard InChI is InChI=1S/C29H22Cl3NO4/c30-23-2-1-3-24(31)26(23)27-22(28(37-33-27)16-6-7-16)14-36-18-10-11-19(25(32)12-18)21-13-20(21)15-4-8-17(9-5-15)29(34)35/h1-5,8-12,16,20-21H,6-7,13-14H2,(H,34,35)/p-1. The Morgan fingerprint density at radius 1 is 0.973 bits per heavy atom. The van der Waals surface area contributed by atoms with Crippen LogP contribution in [-0.4, -0.2) is 11.1 Å². The number of aromatic carboxylic acids is 1. The Morgan fingerprint density at radius 2 is 1.70 bits per heavy atom. The second-order valence-electron chi connectivity index (χ2n) is 9.58. The highest BCUT2D eigenvalue weighted by molar-refractivity contribution is 6.39. The number of carbonyl (C=O) groups excluding carboxylic acids is 1. The van der Waals surface area contributed by atoms with Crippen molar-refractivity contribution in [1.29, 1.82) is 0 Å². The van der Waals surface area contributed by atoms with Gasteiger partial charge in [0.1, 0.15) is 23.8 Å². The molecule has 0 bridgehead atoms. The number of benzene rings is 3. The minimum atomic E-state index is -1.17. The highest BCUT2D eigenvalue weighted by atomic mass is 35.5. The number of halogens is 3. The van der Waals surface area contributed by atoms with Gasteiger partial charge in [-0.15, -0.1) is 0 Å². The Labute approximate surface area is 228 Å². The Kier molecular flexibility index (Phi) is 6.39. The molecule has 4 aromatic rings. The quantitative estimate of drug-likeness (QED) is 0.227. The molecule has 3 aromatic carbocycles. The van der Waals surface area contributed by atoms with E-state index in [1.165, 1.54) is 0 Å². The van der Waals surface area contributed by atoms with Crippen molar-refractivity contribution >= 4 is 40.8 Å². The lowest BCUT2D eigenvalue weighted by molar-refractivity contribution is -0.255. The second-order valence-corrected chi connectivity index (χ2v) is 10.8. The molecule has 8 heteroatoms. The Balaban J connectivity index is 1.19. The molecular weight excluding hydrogens is 533 g/mol. The van der Waals surface area contributed by atoms with Gasteiger partial charge < -0.3 is 19.2 Å². The Bertz CT molecular complexity index is 1470. The van der Waals surface area contributed by atoms with E-state index >= 15 is 0 Å². The number of rotatable bonds is 8. The van der Waals surface area contributed by atoms with Crippen LogP contribution in [0.5, 0.6) is 5.75 Å². The smallest absolute Gasteiger partial charge is 0.147 e. The molecule has 2 saturated carbocycles. The average Bonchev–Trinajstić information content (AvgIpc) is 3.81. The van der Waals surface area contributed by atoms with Crippen LogP contribution in [0.25, 0.3) is 11.3 Å². The summed E-state index contributed by atoms with van der Waals surface area (Å²) in [6, 6.07) is 18.0. The van der Waals surface area contributed by atoms with E-state index in [9.17, 15) is 9.90 Å². The Morgan fingerprint density at radius 3 is 2.35 bits per heavy atom. The van der Waals surface area contributed by atoms with Crippen LogP contribution >= 0.6 is 34.8 Å². The fraction of sp³-hybridized carbons (Fsp3) is 0.241. The number of carboxylic acid groups (broad SMARTS) is 1. The summed E-state index contributed by atoms with van der Waals surface area (Å²) in [5.74, 6) is 1.21. The van der Waals surface area contributed by atoms with E-state index in [0.717, 1.165) is 41.7 Å². The molecule has 0 N–H and O–H groups in total. The number of nitrogens with zero attached hydrogens (tertiary/aromatic N) is 1. The third-order valence-electron chi connectivity index (χ3n) is 7.09. The van der Waals surface area contributed by atoms with E-state index in [-0.39, 0.29) is 18.1 Å². The third-order valence-corrected chi connectivity index (χ3v) is 8.04. The zero-order chi connectivity index (χ0) is 25.7. The van der Waals surface area contributed by atoms with Gasteiger partial charge in [0.2, 0.25) is 0 Å². The summed E-state index contributed by atoms with van der Waals surface area (Å²) in [5, 5.41) is 17.0. The molecule has 37 heavy (non-hydrogen) atoms. The third kappa shape index (κ3) is 4.84. The lowest BCUT2D eigenvalue weighted by Crippen LogP contribution is -2.21. The first kappa shape index (κ1) is 24.4. The molecule has 0 saturated heterocycles. The van der Waals surface area contributed by atoms with Gasteiger partial charge in [0.25, 0.3) is 0 Å². The molecule has 6 rings (SSSR count). The van der Waals surface area contributed by atoms with Gasteiger partial charge in [-0.2, -0.15) is 0 Å². The number of hydrogen-bond acceptors (Lipinski definition) is 5. The first-order valence-electron chi connectivity index (χ1n) is 12.1. The molecule has 2 aliphatic rings. The fourth-order valence-corrected chi connectivity index (χ4v) is 5.76. The highest BCUT2D eigenvalue weighted by Crippen LogP contribution is 2.56. The number of ether oxygens (including phenoxy) is 1. The molecular formula is C29H21Cl3NO4-. The summed E-state index contributed by atoms with van der Waals surface area (Å²) < 4.78 is 11.9. The average molecular weight is 554 g/mol. The van der Waals surface area contributed by atoms with Crippen LogP contribution in [0.15, 0.2) is 65.2 Å². The van der Waals surface area contributed by atoms with Gasteiger partial charge in [-0.05, 0) is 72.1 Å². The minimum absolute atomic E-state index is 0.179. The zero-order valence-electron chi connectivity index (χ0n) is 19.5. The summed E-state index contributed by atoms with van der Waals surface area (Å²) in [4.78, 5) is 11.0. The molecule has 2 fully saturated rings. The number of hydrogen-bond donors (Lipinski definition) is 0. The molecule has 0 spiro atoms. The van der Waals surface area contributed by atoms with E-state index in [2.05, 4.69) is 5.16 Å². The van der Waals surface area contributed by atoms with Crippen molar-refractivity contribution in [2.24, 2.45) is 0 Å². The van der Waals surface area contributed by atoms with E-state index < -0.39 is 5.97 Å². The van der Waals surface area contributed by atoms with E-state index in [1.807, 2.05) is 30.3 Å². The second kappa shape index (κ2) is 9.71. The van der Waals surface area contributed by atoms with Crippen molar-refractivity contribution < 1.29 is 19.2 Å². The molecule has 0 aliphatic heterocycles. The molecule has 188 valence electrons. The molecule has 0 radical (unpaired) electrons. The lowest BCUT2D eigenvalue weighted by Gasteiger charge is -2.11. The number of carboxylic acids is 1. The molecule has 5 nitrogen and oxygen atoms in total. The van der Waals surface area contributed by atoms with Gasteiger partial charge in [-0.1, -0.05) is 76.4 Å². The van der Waals surface area contributed by atoms with Crippen molar-refractivity contribution in [2.45, 2.75) is 43.6 Å². The molecule has 1 aromatic heterocycles. The first-order chi connectivity index (χ1) is 17.9. The maximum absolute atomic E-state index is 11.0. The summed E-state index contributed by atoms with van der Waals surface area (Å²) in [6.07, 6.45) is 3.06. The van der Waals surface area contributed by atoms with Gasteiger partial charge >= 0.3 is 0 Å². The SMILES string of the molecule is O=C([O-])c1ccc(C2CC2c2ccc(OCc3c(-c4c(Cl)cccc4Cl)noc3C3CC3)cc2Cl)cc1. The predicted octanol–water partition coefficient (Wildman–Crippen LogP) is 7.39. The summed E-state index contributed by atoms with van der Waals surface area (Å²) in [5.41, 5.74) is 4.41. The van der Waals surface area contributed by atoms with Crippen LogP contribution in [-0.2, 0) is 6.61 Å². The first-order valence-corrected chi connectivity index (χ1v) is 13.2. The van der Waals surface area contributed by atoms with Crippen LogP contribution < -0.4 is 9.84 Å². The van der Waals surface area contributed by atoms with Crippen molar-refractivity contribution in [3.05, 3.63) is 104 Å². The summed E-state index contributed by atoms with van der Waals surface area (Å²) in [6.45, 7) is 0.249. The van der Waals surface area contributed by atoms with Gasteiger partial charge in [-0.3, -0.25) is 0 Å². The normalized spacial score (nSPS) is 18.6. The maximum atomic E-state index is 11.0. The number of aromatic nitrogens is 1. The van der Waals surface area contributed by atoms with Gasteiger partial charge in [0, 0.05) is 16.5 Å². The Hall–Kier alpha value is -2.99. The topological polar surface area (TPSA) is 75.4 Å².